The number of nitrogens with one attached hydrogen (secondary N) is 2. The average Bonchev–Trinajstić information content (AvgIpc) is 3.24. The van der Waals surface area contributed by atoms with E-state index in [1.54, 1.807) is 48.1 Å². The number of benzene rings is 3. The first-order valence-electron chi connectivity index (χ1n) is 13.2. The van der Waals surface area contributed by atoms with Gasteiger partial charge in [0.25, 0.3) is 5.91 Å². The minimum atomic E-state index is -0.248. The molecule has 0 aliphatic carbocycles. The fourth-order valence-corrected chi connectivity index (χ4v) is 4.65. The lowest BCUT2D eigenvalue weighted by Crippen LogP contribution is -2.34. The third-order valence-electron chi connectivity index (χ3n) is 6.76. The molecule has 1 aromatic heterocycles. The topological polar surface area (TPSA) is 92.7 Å². The fraction of sp³-hybridized carbons (Fsp3) is 0.219. The summed E-state index contributed by atoms with van der Waals surface area (Å²) in [5.74, 6) is -0.0626. The average molecular weight is 573 g/mol. The maximum Gasteiger partial charge on any atom is 0.262 e. The van der Waals surface area contributed by atoms with Gasteiger partial charge in [0.15, 0.2) is 0 Å². The Morgan fingerprint density at radius 2 is 1.63 bits per heavy atom. The summed E-state index contributed by atoms with van der Waals surface area (Å²) in [5.41, 5.74) is 4.55. The number of aromatic nitrogens is 1. The lowest BCUT2D eigenvalue weighted by Gasteiger charge is -2.11. The maximum atomic E-state index is 13.4. The molecule has 0 bridgehead atoms. The van der Waals surface area contributed by atoms with E-state index < -0.39 is 0 Å². The molecule has 2 N–H and O–H groups in total. The summed E-state index contributed by atoms with van der Waals surface area (Å²) in [5, 5.41) is 6.93. The minimum absolute atomic E-state index is 0.0627. The van der Waals surface area contributed by atoms with Crippen molar-refractivity contribution >= 4 is 52.0 Å². The Bertz CT molecular complexity index is 1590. The first-order chi connectivity index (χ1) is 19.7. The molecule has 1 heterocycles. The highest BCUT2D eigenvalue weighted by Crippen LogP contribution is 2.31. The number of anilines is 1. The molecular weight excluding hydrogens is 540 g/mol. The van der Waals surface area contributed by atoms with E-state index in [0.29, 0.717) is 27.5 Å². The highest BCUT2D eigenvalue weighted by atomic mass is 35.5. The number of halogens is 1. The molecule has 4 aromatic rings. The Labute approximate surface area is 244 Å². The summed E-state index contributed by atoms with van der Waals surface area (Å²) in [6.45, 7) is 2.36. The minimum Gasteiger partial charge on any atom is -0.497 e. The van der Waals surface area contributed by atoms with Crippen molar-refractivity contribution in [3.05, 3.63) is 100 Å². The van der Waals surface area contributed by atoms with Crippen LogP contribution in [-0.4, -0.2) is 56.6 Å². The van der Waals surface area contributed by atoms with Gasteiger partial charge in [-0.25, -0.2) is 0 Å². The van der Waals surface area contributed by atoms with Crippen LogP contribution in [0.4, 0.5) is 5.69 Å². The molecule has 9 heteroatoms. The van der Waals surface area contributed by atoms with Crippen LogP contribution in [0, 0.1) is 6.92 Å². The van der Waals surface area contributed by atoms with Crippen LogP contribution >= 0.6 is 11.6 Å². The van der Waals surface area contributed by atoms with Gasteiger partial charge in [0, 0.05) is 60.6 Å². The number of nitrogens with zero attached hydrogens (tertiary/aromatic N) is 2. The van der Waals surface area contributed by atoms with Gasteiger partial charge in [-0.15, -0.1) is 0 Å². The first-order valence-corrected chi connectivity index (χ1v) is 13.5. The van der Waals surface area contributed by atoms with E-state index in [-0.39, 0.29) is 37.2 Å². The quantitative estimate of drug-likeness (QED) is 0.209. The third-order valence-corrected chi connectivity index (χ3v) is 7.01. The van der Waals surface area contributed by atoms with Crippen LogP contribution in [0.1, 0.15) is 27.2 Å². The predicted molar refractivity (Wildman–Crippen MR) is 164 cm³/mol. The lowest BCUT2D eigenvalue weighted by atomic mass is 10.1. The summed E-state index contributed by atoms with van der Waals surface area (Å²) < 4.78 is 7.01. The first kappa shape index (κ1) is 29.4. The molecule has 41 heavy (non-hydrogen) atoms. The zero-order valence-corrected chi connectivity index (χ0v) is 24.3. The molecule has 4 rings (SSSR count). The number of rotatable bonds is 10. The maximum absolute atomic E-state index is 13.4. The van der Waals surface area contributed by atoms with Gasteiger partial charge in [-0.1, -0.05) is 23.7 Å². The van der Waals surface area contributed by atoms with Crippen LogP contribution in [0.5, 0.6) is 5.75 Å². The van der Waals surface area contributed by atoms with E-state index >= 15 is 0 Å². The Kier molecular flexibility index (Phi) is 9.47. The van der Waals surface area contributed by atoms with Crippen molar-refractivity contribution in [2.45, 2.75) is 13.3 Å². The molecular formula is C32H33ClN4O4. The fourth-order valence-electron chi connectivity index (χ4n) is 4.52. The Balaban J connectivity index is 1.39. The van der Waals surface area contributed by atoms with Gasteiger partial charge in [-0.05, 0) is 78.7 Å². The molecule has 8 nitrogen and oxygen atoms in total. The van der Waals surface area contributed by atoms with Crippen molar-refractivity contribution < 1.29 is 19.1 Å². The van der Waals surface area contributed by atoms with E-state index in [9.17, 15) is 14.4 Å². The number of fused-ring (bicyclic) bond motifs is 1. The van der Waals surface area contributed by atoms with Crippen molar-refractivity contribution in [2.75, 3.05) is 39.2 Å². The third kappa shape index (κ3) is 7.15. The number of methoxy groups -OCH3 is 1. The molecule has 0 aliphatic heterocycles. The standard InChI is InChI=1S/C32H33ClN4O4/c1-21-27(20-31(39)35-18-17-34-30(38)16-7-22-5-12-25(13-6-22)36(2)3)28-19-26(41-4)14-15-29(28)37(21)32(40)23-8-10-24(33)11-9-23/h5-16,19H,17-18,20H2,1-4H3,(H,34,38)(H,35,39)/b16-7+. The summed E-state index contributed by atoms with van der Waals surface area (Å²) in [6, 6.07) is 20.0. The largest absolute Gasteiger partial charge is 0.497 e. The Morgan fingerprint density at radius 1 is 0.951 bits per heavy atom. The SMILES string of the molecule is COc1ccc2c(c1)c(CC(=O)NCCNC(=O)/C=C/c1ccc(N(C)C)cc1)c(C)n2C(=O)c1ccc(Cl)cc1. The number of hydrogen-bond donors (Lipinski definition) is 2. The second-order valence-corrected chi connectivity index (χ2v) is 10.2. The van der Waals surface area contributed by atoms with Crippen LogP contribution < -0.4 is 20.3 Å². The van der Waals surface area contributed by atoms with E-state index in [4.69, 9.17) is 16.3 Å². The van der Waals surface area contributed by atoms with Crippen LogP contribution in [0.25, 0.3) is 17.0 Å². The van der Waals surface area contributed by atoms with Gasteiger partial charge in [0.05, 0.1) is 19.0 Å². The van der Waals surface area contributed by atoms with E-state index in [1.807, 2.05) is 62.3 Å². The van der Waals surface area contributed by atoms with Crippen molar-refractivity contribution in [3.63, 3.8) is 0 Å². The molecule has 2 amide bonds. The van der Waals surface area contributed by atoms with Crippen molar-refractivity contribution in [1.82, 2.24) is 15.2 Å². The van der Waals surface area contributed by atoms with Gasteiger partial charge < -0.3 is 20.3 Å². The van der Waals surface area contributed by atoms with Gasteiger partial charge in [0.1, 0.15) is 5.75 Å². The molecule has 0 radical (unpaired) electrons. The number of carbonyl (C=O) groups is 3. The molecule has 212 valence electrons. The Hall–Kier alpha value is -4.56. The summed E-state index contributed by atoms with van der Waals surface area (Å²) in [6.07, 6.45) is 3.27. The zero-order chi connectivity index (χ0) is 29.5. The predicted octanol–water partition coefficient (Wildman–Crippen LogP) is 4.85. The molecule has 3 aromatic carbocycles. The summed E-state index contributed by atoms with van der Waals surface area (Å²) in [7, 11) is 5.51. The van der Waals surface area contributed by atoms with E-state index in [2.05, 4.69) is 10.6 Å². The van der Waals surface area contributed by atoms with Crippen LogP contribution in [-0.2, 0) is 16.0 Å². The molecule has 0 saturated heterocycles. The van der Waals surface area contributed by atoms with Crippen LogP contribution in [0.15, 0.2) is 72.8 Å². The van der Waals surface area contributed by atoms with E-state index in [1.165, 1.54) is 6.08 Å². The molecule has 0 fully saturated rings. The molecule has 0 spiro atoms. The van der Waals surface area contributed by atoms with Gasteiger partial charge in [0.2, 0.25) is 11.8 Å². The summed E-state index contributed by atoms with van der Waals surface area (Å²) in [4.78, 5) is 40.6. The van der Waals surface area contributed by atoms with Gasteiger partial charge in [-0.2, -0.15) is 0 Å². The number of ether oxygens (including phenoxy) is 1. The normalized spacial score (nSPS) is 11.0. The molecule has 0 atom stereocenters. The highest BCUT2D eigenvalue weighted by molar-refractivity contribution is 6.30. The second kappa shape index (κ2) is 13.2. The zero-order valence-electron chi connectivity index (χ0n) is 23.5. The summed E-state index contributed by atoms with van der Waals surface area (Å²) >= 11 is 6.00. The van der Waals surface area contributed by atoms with Gasteiger partial charge >= 0.3 is 0 Å². The number of hydrogen-bond acceptors (Lipinski definition) is 5. The monoisotopic (exact) mass is 572 g/mol. The molecule has 0 aliphatic rings. The highest BCUT2D eigenvalue weighted by Gasteiger charge is 2.22. The Morgan fingerprint density at radius 3 is 2.29 bits per heavy atom. The smallest absolute Gasteiger partial charge is 0.262 e. The molecule has 0 unspecified atom stereocenters. The van der Waals surface area contributed by atoms with Crippen molar-refractivity contribution in [3.8, 4) is 5.75 Å². The molecule has 0 saturated carbocycles. The van der Waals surface area contributed by atoms with Crippen LogP contribution in [0.2, 0.25) is 5.02 Å². The van der Waals surface area contributed by atoms with Crippen LogP contribution in [0.3, 0.4) is 0 Å². The van der Waals surface area contributed by atoms with Gasteiger partial charge in [-0.3, -0.25) is 19.0 Å². The number of carbonyl (C=O) groups excluding carboxylic acids is 3. The lowest BCUT2D eigenvalue weighted by molar-refractivity contribution is -0.121. The number of amides is 2. The van der Waals surface area contributed by atoms with Crippen molar-refractivity contribution in [2.24, 2.45) is 0 Å². The second-order valence-electron chi connectivity index (χ2n) is 9.73. The van der Waals surface area contributed by atoms with E-state index in [0.717, 1.165) is 22.2 Å². The van der Waals surface area contributed by atoms with Crippen molar-refractivity contribution in [1.29, 1.82) is 0 Å².